The highest BCUT2D eigenvalue weighted by Crippen LogP contribution is 2.11. The van der Waals surface area contributed by atoms with Gasteiger partial charge in [0.05, 0.1) is 0 Å². The average molecular weight is 180 g/mol. The highest BCUT2D eigenvalue weighted by Gasteiger charge is 1.98. The van der Waals surface area contributed by atoms with Gasteiger partial charge in [0.1, 0.15) is 5.82 Å². The molecule has 1 N–H and O–H groups in total. The van der Waals surface area contributed by atoms with Crippen LogP contribution in [-0.2, 0) is 4.79 Å². The second-order valence-corrected chi connectivity index (χ2v) is 2.70. The lowest BCUT2D eigenvalue weighted by atomic mass is 10.1. The zero-order valence-corrected chi connectivity index (χ0v) is 7.12. The quantitative estimate of drug-likeness (QED) is 0.708. The first-order valence-corrected chi connectivity index (χ1v) is 3.77. The largest absolute Gasteiger partial charge is 0.478 e. The number of hydrogen-bond acceptors (Lipinski definition) is 1. The second-order valence-electron chi connectivity index (χ2n) is 2.70. The molecule has 1 aromatic rings. The van der Waals surface area contributed by atoms with Gasteiger partial charge in [-0.25, -0.2) is 9.18 Å². The van der Waals surface area contributed by atoms with Crippen LogP contribution in [0, 0.1) is 12.7 Å². The average Bonchev–Trinajstić information content (AvgIpc) is 2.02. The Morgan fingerprint density at radius 1 is 1.54 bits per heavy atom. The van der Waals surface area contributed by atoms with Crippen LogP contribution >= 0.6 is 0 Å². The van der Waals surface area contributed by atoms with E-state index >= 15 is 0 Å². The van der Waals surface area contributed by atoms with Crippen molar-refractivity contribution in [1.82, 2.24) is 0 Å². The molecule has 3 heteroatoms. The van der Waals surface area contributed by atoms with E-state index < -0.39 is 11.8 Å². The van der Waals surface area contributed by atoms with Crippen molar-refractivity contribution < 1.29 is 14.3 Å². The molecule has 2 nitrogen and oxygen atoms in total. The first-order valence-electron chi connectivity index (χ1n) is 3.77. The molecule has 1 rings (SSSR count). The Balaban J connectivity index is 2.96. The van der Waals surface area contributed by atoms with E-state index in [2.05, 4.69) is 0 Å². The minimum absolute atomic E-state index is 0.285. The summed E-state index contributed by atoms with van der Waals surface area (Å²) in [5.74, 6) is -1.49. The molecule has 0 aromatic heterocycles. The van der Waals surface area contributed by atoms with Crippen LogP contribution in [0.2, 0.25) is 0 Å². The van der Waals surface area contributed by atoms with E-state index in [0.29, 0.717) is 0 Å². The summed E-state index contributed by atoms with van der Waals surface area (Å²) >= 11 is 0. The Morgan fingerprint density at radius 3 is 2.77 bits per heavy atom. The fraction of sp³-hybridized carbons (Fsp3) is 0.100. The molecule has 0 saturated heterocycles. The van der Waals surface area contributed by atoms with Gasteiger partial charge in [0.25, 0.3) is 0 Å². The van der Waals surface area contributed by atoms with E-state index in [1.165, 1.54) is 12.1 Å². The van der Waals surface area contributed by atoms with Crippen molar-refractivity contribution >= 4 is 12.0 Å². The molecular formula is C10H9FO2. The number of carboxylic acids is 1. The normalized spacial score (nSPS) is 10.6. The number of benzene rings is 1. The zero-order chi connectivity index (χ0) is 9.84. The van der Waals surface area contributed by atoms with Crippen LogP contribution in [0.25, 0.3) is 6.08 Å². The molecule has 0 aliphatic heterocycles. The van der Waals surface area contributed by atoms with Gasteiger partial charge in [-0.3, -0.25) is 0 Å². The van der Waals surface area contributed by atoms with Gasteiger partial charge in [-0.05, 0) is 24.6 Å². The van der Waals surface area contributed by atoms with Crippen molar-refractivity contribution in [3.05, 3.63) is 41.2 Å². The van der Waals surface area contributed by atoms with Crippen molar-refractivity contribution in [3.8, 4) is 0 Å². The number of carbonyl (C=O) groups is 1. The standard InChI is InChI=1S/C10H9FO2/c1-7-2-3-8(9(11)6-7)4-5-10(12)13/h2-6H,1H3,(H,12,13)/b5-4+. The first kappa shape index (κ1) is 9.45. The summed E-state index contributed by atoms with van der Waals surface area (Å²) in [4.78, 5) is 10.1. The van der Waals surface area contributed by atoms with Crippen LogP contribution in [0.4, 0.5) is 4.39 Å². The predicted molar refractivity (Wildman–Crippen MR) is 47.8 cm³/mol. The SMILES string of the molecule is Cc1ccc(/C=C/C(=O)O)c(F)c1. The van der Waals surface area contributed by atoms with Crippen molar-refractivity contribution in [2.24, 2.45) is 0 Å². The smallest absolute Gasteiger partial charge is 0.328 e. The van der Waals surface area contributed by atoms with Crippen molar-refractivity contribution in [1.29, 1.82) is 0 Å². The third-order valence-corrected chi connectivity index (χ3v) is 1.56. The molecule has 0 spiro atoms. The molecule has 0 aliphatic rings. The Bertz CT molecular complexity index is 356. The van der Waals surface area contributed by atoms with Crippen LogP contribution in [0.1, 0.15) is 11.1 Å². The summed E-state index contributed by atoms with van der Waals surface area (Å²) in [5.41, 5.74) is 1.10. The Labute approximate surface area is 75.3 Å². The second kappa shape index (κ2) is 3.85. The summed E-state index contributed by atoms with van der Waals surface area (Å²) in [5, 5.41) is 8.31. The molecule has 0 fully saturated rings. The van der Waals surface area contributed by atoms with E-state index in [1.54, 1.807) is 19.1 Å². The molecular weight excluding hydrogens is 171 g/mol. The molecule has 0 heterocycles. The van der Waals surface area contributed by atoms with Crippen LogP contribution in [0.3, 0.4) is 0 Å². The van der Waals surface area contributed by atoms with Gasteiger partial charge in [-0.2, -0.15) is 0 Å². The molecule has 1 aromatic carbocycles. The van der Waals surface area contributed by atoms with Gasteiger partial charge in [0.15, 0.2) is 0 Å². The van der Waals surface area contributed by atoms with Crippen LogP contribution < -0.4 is 0 Å². The monoisotopic (exact) mass is 180 g/mol. The van der Waals surface area contributed by atoms with Crippen molar-refractivity contribution in [3.63, 3.8) is 0 Å². The lowest BCUT2D eigenvalue weighted by Gasteiger charge is -1.97. The van der Waals surface area contributed by atoms with Gasteiger partial charge in [0.2, 0.25) is 0 Å². The number of hydrogen-bond donors (Lipinski definition) is 1. The van der Waals surface area contributed by atoms with Gasteiger partial charge in [-0.15, -0.1) is 0 Å². The highest BCUT2D eigenvalue weighted by atomic mass is 19.1. The minimum Gasteiger partial charge on any atom is -0.478 e. The van der Waals surface area contributed by atoms with Gasteiger partial charge in [0, 0.05) is 11.6 Å². The van der Waals surface area contributed by atoms with Gasteiger partial charge < -0.3 is 5.11 Å². The topological polar surface area (TPSA) is 37.3 Å². The van der Waals surface area contributed by atoms with Crippen LogP contribution in [0.5, 0.6) is 0 Å². The summed E-state index contributed by atoms with van der Waals surface area (Å²) in [6.07, 6.45) is 2.14. The van der Waals surface area contributed by atoms with E-state index in [1.807, 2.05) is 0 Å². The Hall–Kier alpha value is -1.64. The lowest BCUT2D eigenvalue weighted by molar-refractivity contribution is -0.131. The van der Waals surface area contributed by atoms with E-state index in [4.69, 9.17) is 5.11 Å². The Morgan fingerprint density at radius 2 is 2.23 bits per heavy atom. The number of rotatable bonds is 2. The number of aliphatic carboxylic acids is 1. The van der Waals surface area contributed by atoms with E-state index in [9.17, 15) is 9.18 Å². The Kier molecular flexibility index (Phi) is 2.80. The summed E-state index contributed by atoms with van der Waals surface area (Å²) in [6.45, 7) is 1.77. The highest BCUT2D eigenvalue weighted by molar-refractivity contribution is 5.85. The van der Waals surface area contributed by atoms with Gasteiger partial charge >= 0.3 is 5.97 Å². The summed E-state index contributed by atoms with van der Waals surface area (Å²) in [7, 11) is 0. The molecule has 68 valence electrons. The van der Waals surface area contributed by atoms with Crippen molar-refractivity contribution in [2.45, 2.75) is 6.92 Å². The fourth-order valence-corrected chi connectivity index (χ4v) is 0.928. The maximum absolute atomic E-state index is 13.1. The summed E-state index contributed by atoms with van der Waals surface area (Å²) in [6, 6.07) is 4.64. The predicted octanol–water partition coefficient (Wildman–Crippen LogP) is 2.23. The maximum atomic E-state index is 13.1. The number of halogens is 1. The van der Waals surface area contributed by atoms with E-state index in [0.717, 1.165) is 11.6 Å². The molecule has 0 bridgehead atoms. The molecule has 0 unspecified atom stereocenters. The molecule has 0 saturated carbocycles. The van der Waals surface area contributed by atoms with Crippen LogP contribution in [0.15, 0.2) is 24.3 Å². The lowest BCUT2D eigenvalue weighted by Crippen LogP contribution is -1.88. The number of aryl methyl sites for hydroxylation is 1. The van der Waals surface area contributed by atoms with Crippen LogP contribution in [-0.4, -0.2) is 11.1 Å². The maximum Gasteiger partial charge on any atom is 0.328 e. The summed E-state index contributed by atoms with van der Waals surface area (Å²) < 4.78 is 13.1. The zero-order valence-electron chi connectivity index (χ0n) is 7.12. The first-order chi connectivity index (χ1) is 6.09. The number of carboxylic acid groups (broad SMARTS) is 1. The third kappa shape index (κ3) is 2.71. The minimum atomic E-state index is -1.08. The molecule has 0 radical (unpaired) electrons. The van der Waals surface area contributed by atoms with Gasteiger partial charge in [-0.1, -0.05) is 12.1 Å². The third-order valence-electron chi connectivity index (χ3n) is 1.56. The fourth-order valence-electron chi connectivity index (χ4n) is 0.928. The molecule has 0 atom stereocenters. The molecule has 13 heavy (non-hydrogen) atoms. The van der Waals surface area contributed by atoms with Crippen molar-refractivity contribution in [2.75, 3.05) is 0 Å². The molecule has 0 amide bonds. The molecule has 0 aliphatic carbocycles. The van der Waals surface area contributed by atoms with E-state index in [-0.39, 0.29) is 5.56 Å².